The monoisotopic (exact) mass is 264 g/mol. The van der Waals surface area contributed by atoms with Crippen molar-refractivity contribution in [3.05, 3.63) is 29.8 Å². The topological polar surface area (TPSA) is 47.3 Å². The molecule has 0 saturated carbocycles. The molecule has 3 heteroatoms. The molecule has 0 aliphatic heterocycles. The smallest absolute Gasteiger partial charge is 0.122 e. The second-order valence-electron chi connectivity index (χ2n) is 5.08. The quantitative estimate of drug-likeness (QED) is 0.387. The Balaban J connectivity index is 2.38. The van der Waals surface area contributed by atoms with Crippen molar-refractivity contribution in [2.45, 2.75) is 57.9 Å². The molecule has 0 aliphatic carbocycles. The van der Waals surface area contributed by atoms with E-state index in [-0.39, 0.29) is 0 Å². The number of nitrogens with one attached hydrogen (secondary N) is 1. The van der Waals surface area contributed by atoms with Crippen molar-refractivity contribution < 1.29 is 4.74 Å². The first-order valence-electron chi connectivity index (χ1n) is 7.39. The fraction of sp³-hybridized carbons (Fsp3) is 0.625. The number of para-hydroxylation sites is 1. The van der Waals surface area contributed by atoms with E-state index >= 15 is 0 Å². The first-order chi connectivity index (χ1) is 9.31. The van der Waals surface area contributed by atoms with Crippen LogP contribution in [0.2, 0.25) is 0 Å². The Morgan fingerprint density at radius 1 is 1.16 bits per heavy atom. The Morgan fingerprint density at radius 2 is 1.89 bits per heavy atom. The van der Waals surface area contributed by atoms with Crippen LogP contribution in [0.25, 0.3) is 0 Å². The Hall–Kier alpha value is -1.06. The van der Waals surface area contributed by atoms with E-state index in [0.717, 1.165) is 18.6 Å². The van der Waals surface area contributed by atoms with Crippen LogP contribution < -0.4 is 16.0 Å². The third-order valence-corrected chi connectivity index (χ3v) is 3.55. The summed E-state index contributed by atoms with van der Waals surface area (Å²) in [5, 5.41) is 0. The molecular weight excluding hydrogens is 236 g/mol. The SMILES string of the molecule is CCCCCCCC(Cc1ccccc1OC)NN. The van der Waals surface area contributed by atoms with Crippen LogP contribution in [0.15, 0.2) is 24.3 Å². The van der Waals surface area contributed by atoms with Crippen LogP contribution in [0.4, 0.5) is 0 Å². The summed E-state index contributed by atoms with van der Waals surface area (Å²) in [4.78, 5) is 0. The molecule has 0 heterocycles. The van der Waals surface area contributed by atoms with Crippen molar-refractivity contribution in [3.63, 3.8) is 0 Å². The highest BCUT2D eigenvalue weighted by Gasteiger charge is 2.10. The molecule has 0 fully saturated rings. The summed E-state index contributed by atoms with van der Waals surface area (Å²) in [7, 11) is 1.72. The van der Waals surface area contributed by atoms with Crippen LogP contribution in [0.5, 0.6) is 5.75 Å². The zero-order chi connectivity index (χ0) is 13.9. The summed E-state index contributed by atoms with van der Waals surface area (Å²) in [6, 6.07) is 8.49. The lowest BCUT2D eigenvalue weighted by Crippen LogP contribution is -2.36. The van der Waals surface area contributed by atoms with E-state index < -0.39 is 0 Å². The molecule has 0 spiro atoms. The lowest BCUT2D eigenvalue weighted by atomic mass is 9.99. The Bertz CT molecular complexity index is 341. The van der Waals surface area contributed by atoms with Crippen molar-refractivity contribution in [1.29, 1.82) is 0 Å². The third-order valence-electron chi connectivity index (χ3n) is 3.55. The second kappa shape index (κ2) is 9.82. The molecule has 3 N–H and O–H groups in total. The number of nitrogens with two attached hydrogens (primary N) is 1. The summed E-state index contributed by atoms with van der Waals surface area (Å²) in [5.74, 6) is 6.61. The van der Waals surface area contributed by atoms with E-state index in [0.29, 0.717) is 6.04 Å². The van der Waals surface area contributed by atoms with Crippen molar-refractivity contribution in [2.75, 3.05) is 7.11 Å². The van der Waals surface area contributed by atoms with E-state index in [4.69, 9.17) is 10.6 Å². The molecule has 0 aliphatic rings. The Labute approximate surface area is 117 Å². The van der Waals surface area contributed by atoms with Crippen molar-refractivity contribution >= 4 is 0 Å². The molecule has 19 heavy (non-hydrogen) atoms. The molecule has 0 amide bonds. The number of unbranched alkanes of at least 4 members (excludes halogenated alkanes) is 4. The van der Waals surface area contributed by atoms with E-state index in [1.54, 1.807) is 7.11 Å². The van der Waals surface area contributed by atoms with Crippen molar-refractivity contribution in [1.82, 2.24) is 5.43 Å². The number of methoxy groups -OCH3 is 1. The van der Waals surface area contributed by atoms with Crippen molar-refractivity contribution in [3.8, 4) is 5.75 Å². The summed E-state index contributed by atoms with van der Waals surface area (Å²) in [6.07, 6.45) is 8.56. The molecule has 0 saturated heterocycles. The predicted molar refractivity (Wildman–Crippen MR) is 81.2 cm³/mol. The highest BCUT2D eigenvalue weighted by molar-refractivity contribution is 5.33. The Kier molecular flexibility index (Phi) is 8.26. The second-order valence-corrected chi connectivity index (χ2v) is 5.08. The first kappa shape index (κ1) is 16.0. The van der Waals surface area contributed by atoms with Gasteiger partial charge in [0.05, 0.1) is 7.11 Å². The lowest BCUT2D eigenvalue weighted by Gasteiger charge is -2.17. The van der Waals surface area contributed by atoms with Gasteiger partial charge in [-0.15, -0.1) is 0 Å². The van der Waals surface area contributed by atoms with Gasteiger partial charge in [-0.1, -0.05) is 57.2 Å². The van der Waals surface area contributed by atoms with Gasteiger partial charge in [-0.3, -0.25) is 11.3 Å². The molecule has 1 unspecified atom stereocenters. The molecule has 3 nitrogen and oxygen atoms in total. The molecule has 1 atom stereocenters. The molecule has 0 bridgehead atoms. The first-order valence-corrected chi connectivity index (χ1v) is 7.39. The molecule has 1 aromatic carbocycles. The van der Waals surface area contributed by atoms with Crippen LogP contribution >= 0.6 is 0 Å². The van der Waals surface area contributed by atoms with Crippen LogP contribution in [0, 0.1) is 0 Å². The third kappa shape index (κ3) is 6.08. The van der Waals surface area contributed by atoms with Gasteiger partial charge in [0.1, 0.15) is 5.75 Å². The minimum Gasteiger partial charge on any atom is -0.496 e. The van der Waals surface area contributed by atoms with Crippen LogP contribution in [-0.4, -0.2) is 13.2 Å². The van der Waals surface area contributed by atoms with Gasteiger partial charge >= 0.3 is 0 Å². The fourth-order valence-electron chi connectivity index (χ4n) is 2.38. The minimum atomic E-state index is 0.331. The van der Waals surface area contributed by atoms with Crippen LogP contribution in [-0.2, 0) is 6.42 Å². The number of benzene rings is 1. The van der Waals surface area contributed by atoms with Crippen LogP contribution in [0.3, 0.4) is 0 Å². The predicted octanol–water partition coefficient (Wildman–Crippen LogP) is 3.43. The molecule has 0 radical (unpaired) electrons. The Morgan fingerprint density at radius 3 is 2.58 bits per heavy atom. The number of rotatable bonds is 10. The molecule has 1 aromatic rings. The standard InChI is InChI=1S/C16H28N2O/c1-3-4-5-6-7-11-15(18-17)13-14-10-8-9-12-16(14)19-2/h8-10,12,15,18H,3-7,11,13,17H2,1-2H3. The van der Waals surface area contributed by atoms with Gasteiger partial charge in [0, 0.05) is 6.04 Å². The maximum atomic E-state index is 5.66. The normalized spacial score (nSPS) is 12.4. The van der Waals surface area contributed by atoms with E-state index in [1.807, 2.05) is 18.2 Å². The number of hydrogen-bond acceptors (Lipinski definition) is 3. The van der Waals surface area contributed by atoms with Crippen molar-refractivity contribution in [2.24, 2.45) is 5.84 Å². The zero-order valence-corrected chi connectivity index (χ0v) is 12.3. The van der Waals surface area contributed by atoms with Gasteiger partial charge < -0.3 is 4.74 Å². The molecule has 0 aromatic heterocycles. The van der Waals surface area contributed by atoms with Gasteiger partial charge in [0.25, 0.3) is 0 Å². The summed E-state index contributed by atoms with van der Waals surface area (Å²) >= 11 is 0. The number of hydrazine groups is 1. The van der Waals surface area contributed by atoms with Crippen LogP contribution in [0.1, 0.15) is 51.0 Å². The number of ether oxygens (including phenoxy) is 1. The lowest BCUT2D eigenvalue weighted by molar-refractivity contribution is 0.400. The van der Waals surface area contributed by atoms with Gasteiger partial charge in [-0.25, -0.2) is 0 Å². The minimum absolute atomic E-state index is 0.331. The molecular formula is C16H28N2O. The van der Waals surface area contributed by atoms with Gasteiger partial charge in [-0.05, 0) is 24.5 Å². The van der Waals surface area contributed by atoms with E-state index in [9.17, 15) is 0 Å². The largest absolute Gasteiger partial charge is 0.496 e. The maximum Gasteiger partial charge on any atom is 0.122 e. The van der Waals surface area contributed by atoms with Gasteiger partial charge in [-0.2, -0.15) is 0 Å². The average Bonchev–Trinajstić information content (AvgIpc) is 2.46. The highest BCUT2D eigenvalue weighted by atomic mass is 16.5. The summed E-state index contributed by atoms with van der Waals surface area (Å²) in [5.41, 5.74) is 4.16. The van der Waals surface area contributed by atoms with Gasteiger partial charge in [0.2, 0.25) is 0 Å². The zero-order valence-electron chi connectivity index (χ0n) is 12.3. The van der Waals surface area contributed by atoms with E-state index in [2.05, 4.69) is 18.4 Å². The average molecular weight is 264 g/mol. The summed E-state index contributed by atoms with van der Waals surface area (Å²) < 4.78 is 5.38. The highest BCUT2D eigenvalue weighted by Crippen LogP contribution is 2.20. The maximum absolute atomic E-state index is 5.66. The molecule has 108 valence electrons. The van der Waals surface area contributed by atoms with E-state index in [1.165, 1.54) is 37.7 Å². The number of hydrogen-bond donors (Lipinski definition) is 2. The fourth-order valence-corrected chi connectivity index (χ4v) is 2.38. The van der Waals surface area contributed by atoms with Gasteiger partial charge in [0.15, 0.2) is 0 Å². The summed E-state index contributed by atoms with van der Waals surface area (Å²) in [6.45, 7) is 2.24. The molecule has 1 rings (SSSR count).